The van der Waals surface area contributed by atoms with Crippen LogP contribution in [0.3, 0.4) is 0 Å². The van der Waals surface area contributed by atoms with Gasteiger partial charge in [-0.05, 0) is 42.8 Å². The first-order chi connectivity index (χ1) is 11.1. The van der Waals surface area contributed by atoms with E-state index in [1.165, 1.54) is 11.3 Å². The second-order valence-corrected chi connectivity index (χ2v) is 8.22. The van der Waals surface area contributed by atoms with Crippen LogP contribution in [0.5, 0.6) is 0 Å². The summed E-state index contributed by atoms with van der Waals surface area (Å²) < 4.78 is 27.6. The zero-order valence-corrected chi connectivity index (χ0v) is 14.1. The van der Waals surface area contributed by atoms with E-state index in [0.717, 1.165) is 21.7 Å². The van der Waals surface area contributed by atoms with Crippen molar-refractivity contribution in [3.63, 3.8) is 0 Å². The van der Waals surface area contributed by atoms with E-state index in [0.29, 0.717) is 4.21 Å². The van der Waals surface area contributed by atoms with Crippen molar-refractivity contribution in [1.82, 2.24) is 14.7 Å². The average Bonchev–Trinajstić information content (AvgIpc) is 3.02. The first-order valence-corrected chi connectivity index (χ1v) is 9.26. The smallest absolute Gasteiger partial charge is 0.250 e. The van der Waals surface area contributed by atoms with E-state index in [-0.39, 0.29) is 6.54 Å². The van der Waals surface area contributed by atoms with Crippen LogP contribution >= 0.6 is 11.3 Å². The molecule has 0 atom stereocenters. The number of hydrogen-bond donors (Lipinski definition) is 1. The van der Waals surface area contributed by atoms with Gasteiger partial charge in [-0.25, -0.2) is 13.1 Å². The number of nitrogens with one attached hydrogen (secondary N) is 1. The van der Waals surface area contributed by atoms with Crippen LogP contribution in [0.25, 0.3) is 11.3 Å². The van der Waals surface area contributed by atoms with Gasteiger partial charge in [-0.1, -0.05) is 6.07 Å². The predicted molar refractivity (Wildman–Crippen MR) is 90.5 cm³/mol. The lowest BCUT2D eigenvalue weighted by Crippen LogP contribution is -2.22. The van der Waals surface area contributed by atoms with E-state index < -0.39 is 10.0 Å². The molecule has 118 valence electrons. The van der Waals surface area contributed by atoms with Crippen LogP contribution in [-0.4, -0.2) is 18.4 Å². The molecule has 0 saturated carbocycles. The molecule has 1 N–H and O–H groups in total. The Kier molecular flexibility index (Phi) is 4.51. The van der Waals surface area contributed by atoms with Gasteiger partial charge in [0.1, 0.15) is 4.21 Å². The SMILES string of the molecule is Cc1ccc(S(=O)(=O)NCc2cccnc2-c2cccnc2)s1. The van der Waals surface area contributed by atoms with Crippen molar-refractivity contribution in [1.29, 1.82) is 0 Å². The number of nitrogens with zero attached hydrogens (tertiary/aromatic N) is 2. The van der Waals surface area contributed by atoms with Gasteiger partial charge in [0.15, 0.2) is 0 Å². The maximum Gasteiger partial charge on any atom is 0.250 e. The average molecular weight is 345 g/mol. The van der Waals surface area contributed by atoms with Gasteiger partial charge in [0.05, 0.1) is 5.69 Å². The minimum atomic E-state index is -3.51. The molecule has 0 radical (unpaired) electrons. The Balaban J connectivity index is 1.84. The highest BCUT2D eigenvalue weighted by Crippen LogP contribution is 2.23. The van der Waals surface area contributed by atoms with Crippen LogP contribution < -0.4 is 4.72 Å². The molecule has 5 nitrogen and oxygen atoms in total. The largest absolute Gasteiger partial charge is 0.264 e. The van der Waals surface area contributed by atoms with Crippen LogP contribution in [0.15, 0.2) is 59.2 Å². The highest BCUT2D eigenvalue weighted by atomic mass is 32.2. The van der Waals surface area contributed by atoms with E-state index in [1.54, 1.807) is 36.8 Å². The summed E-state index contributed by atoms with van der Waals surface area (Å²) in [5.74, 6) is 0. The number of rotatable bonds is 5. The van der Waals surface area contributed by atoms with E-state index in [2.05, 4.69) is 14.7 Å². The maximum atomic E-state index is 12.3. The maximum absolute atomic E-state index is 12.3. The quantitative estimate of drug-likeness (QED) is 0.771. The molecule has 0 aliphatic heterocycles. The molecule has 0 unspecified atom stereocenters. The first kappa shape index (κ1) is 15.8. The fourth-order valence-electron chi connectivity index (χ4n) is 2.14. The number of pyridine rings is 2. The second-order valence-electron chi connectivity index (χ2n) is 4.94. The lowest BCUT2D eigenvalue weighted by molar-refractivity contribution is 0.583. The number of hydrogen-bond acceptors (Lipinski definition) is 5. The minimum Gasteiger partial charge on any atom is -0.264 e. The Morgan fingerprint density at radius 1 is 1.13 bits per heavy atom. The van der Waals surface area contributed by atoms with Crippen molar-refractivity contribution in [3.05, 3.63) is 65.4 Å². The van der Waals surface area contributed by atoms with Crippen LogP contribution in [0.1, 0.15) is 10.4 Å². The molecule has 3 rings (SSSR count). The second kappa shape index (κ2) is 6.57. The van der Waals surface area contributed by atoms with E-state index in [9.17, 15) is 8.42 Å². The molecule has 0 aromatic carbocycles. The van der Waals surface area contributed by atoms with E-state index >= 15 is 0 Å². The Labute approximate surface area is 139 Å². The fraction of sp³-hybridized carbons (Fsp3) is 0.125. The van der Waals surface area contributed by atoms with Crippen molar-refractivity contribution in [2.45, 2.75) is 17.7 Å². The number of aryl methyl sites for hydroxylation is 1. The monoisotopic (exact) mass is 345 g/mol. The zero-order chi connectivity index (χ0) is 16.3. The first-order valence-electron chi connectivity index (χ1n) is 6.97. The van der Waals surface area contributed by atoms with Gasteiger partial charge in [-0.3, -0.25) is 9.97 Å². The molecule has 0 bridgehead atoms. The molecule has 0 amide bonds. The molecule has 0 aliphatic carbocycles. The summed E-state index contributed by atoms with van der Waals surface area (Å²) in [4.78, 5) is 9.40. The topological polar surface area (TPSA) is 72.0 Å². The summed E-state index contributed by atoms with van der Waals surface area (Å²) in [6, 6.07) is 10.8. The molecule has 3 aromatic rings. The van der Waals surface area contributed by atoms with Gasteiger partial charge in [0.25, 0.3) is 0 Å². The van der Waals surface area contributed by atoms with Gasteiger partial charge in [-0.15, -0.1) is 11.3 Å². The van der Waals surface area contributed by atoms with Gasteiger partial charge >= 0.3 is 0 Å². The predicted octanol–water partition coefficient (Wildman–Crippen LogP) is 2.99. The van der Waals surface area contributed by atoms with Gasteiger partial charge < -0.3 is 0 Å². The summed E-state index contributed by atoms with van der Waals surface area (Å²) in [6.07, 6.45) is 5.08. The Morgan fingerprint density at radius 3 is 2.65 bits per heavy atom. The third kappa shape index (κ3) is 3.64. The molecular formula is C16H15N3O2S2. The molecule has 23 heavy (non-hydrogen) atoms. The normalized spacial score (nSPS) is 11.5. The third-order valence-electron chi connectivity index (χ3n) is 3.26. The lowest BCUT2D eigenvalue weighted by atomic mass is 10.1. The van der Waals surface area contributed by atoms with Crippen molar-refractivity contribution < 1.29 is 8.42 Å². The van der Waals surface area contributed by atoms with E-state index in [1.807, 2.05) is 25.1 Å². The standard InChI is InChI=1S/C16H15N3O2S2/c1-12-6-7-15(22-12)23(20,21)19-11-14-5-3-9-18-16(14)13-4-2-8-17-10-13/h2-10,19H,11H2,1H3. The molecule has 3 heterocycles. The molecule has 0 aliphatic rings. The summed E-state index contributed by atoms with van der Waals surface area (Å²) >= 11 is 1.25. The Morgan fingerprint density at radius 2 is 1.96 bits per heavy atom. The van der Waals surface area contributed by atoms with E-state index in [4.69, 9.17) is 0 Å². The molecule has 0 fully saturated rings. The highest BCUT2D eigenvalue weighted by molar-refractivity contribution is 7.91. The molecule has 3 aromatic heterocycles. The van der Waals surface area contributed by atoms with Gasteiger partial charge in [0, 0.05) is 35.6 Å². The van der Waals surface area contributed by atoms with Gasteiger partial charge in [0.2, 0.25) is 10.0 Å². The van der Waals surface area contributed by atoms with Crippen molar-refractivity contribution >= 4 is 21.4 Å². The van der Waals surface area contributed by atoms with Crippen molar-refractivity contribution in [2.24, 2.45) is 0 Å². The number of aromatic nitrogens is 2. The highest BCUT2D eigenvalue weighted by Gasteiger charge is 2.17. The minimum absolute atomic E-state index is 0.178. The zero-order valence-electron chi connectivity index (χ0n) is 12.4. The van der Waals surface area contributed by atoms with Crippen LogP contribution in [0.2, 0.25) is 0 Å². The third-order valence-corrected chi connectivity index (χ3v) is 6.15. The Hall–Kier alpha value is -2.09. The fourth-order valence-corrected chi connectivity index (χ4v) is 4.48. The number of sulfonamides is 1. The molecule has 0 saturated heterocycles. The van der Waals surface area contributed by atoms with Crippen LogP contribution in [-0.2, 0) is 16.6 Å². The summed E-state index contributed by atoms with van der Waals surface area (Å²) in [7, 11) is -3.51. The Bertz CT molecular complexity index is 906. The van der Waals surface area contributed by atoms with Crippen molar-refractivity contribution in [3.8, 4) is 11.3 Å². The van der Waals surface area contributed by atoms with Crippen LogP contribution in [0, 0.1) is 6.92 Å². The van der Waals surface area contributed by atoms with Crippen molar-refractivity contribution in [2.75, 3.05) is 0 Å². The summed E-state index contributed by atoms with van der Waals surface area (Å²) in [5.41, 5.74) is 2.39. The van der Waals surface area contributed by atoms with Crippen LogP contribution in [0.4, 0.5) is 0 Å². The number of thiophene rings is 1. The molecular weight excluding hydrogens is 330 g/mol. The lowest BCUT2D eigenvalue weighted by Gasteiger charge is -2.09. The molecule has 0 spiro atoms. The summed E-state index contributed by atoms with van der Waals surface area (Å²) in [6.45, 7) is 2.06. The molecule has 7 heteroatoms. The van der Waals surface area contributed by atoms with Gasteiger partial charge in [-0.2, -0.15) is 0 Å². The summed E-state index contributed by atoms with van der Waals surface area (Å²) in [5, 5.41) is 0.